The summed E-state index contributed by atoms with van der Waals surface area (Å²) >= 11 is 0. The van der Waals surface area contributed by atoms with Gasteiger partial charge < -0.3 is 21.5 Å². The second-order valence-electron chi connectivity index (χ2n) is 3.23. The van der Waals surface area contributed by atoms with Crippen LogP contribution in [0, 0.1) is 6.92 Å². The van der Waals surface area contributed by atoms with Crippen molar-refractivity contribution in [2.45, 2.75) is 6.92 Å². The molecule has 1 aromatic carbocycles. The topological polar surface area (TPSA) is 90.4 Å². The number of primary amides is 1. The van der Waals surface area contributed by atoms with Crippen LogP contribution < -0.4 is 16.8 Å². The number of amides is 1. The largest absolute Gasteiger partial charge is 0.448 e. The van der Waals surface area contributed by atoms with Gasteiger partial charge in [-0.1, -0.05) is 0 Å². The molecule has 0 aliphatic carbocycles. The smallest absolute Gasteiger partial charge is 0.404 e. The predicted octanol–water partition coefficient (Wildman–Crippen LogP) is 1.08. The molecule has 0 spiro atoms. The monoisotopic (exact) mass is 209 g/mol. The van der Waals surface area contributed by atoms with Gasteiger partial charge in [0.05, 0.1) is 0 Å². The van der Waals surface area contributed by atoms with Crippen molar-refractivity contribution < 1.29 is 9.53 Å². The average Bonchev–Trinajstić information content (AvgIpc) is 2.10. The van der Waals surface area contributed by atoms with Gasteiger partial charge in [0, 0.05) is 17.9 Å². The molecule has 0 bridgehead atoms. The molecule has 0 radical (unpaired) electrons. The number of rotatable bonds is 4. The summed E-state index contributed by atoms with van der Waals surface area (Å²) in [5.74, 6) is 0. The number of nitrogens with two attached hydrogens (primary N) is 2. The first-order valence-corrected chi connectivity index (χ1v) is 4.61. The number of carbonyl (C=O) groups excluding carboxylic acids is 1. The number of hydrogen-bond acceptors (Lipinski definition) is 4. The third-order valence-corrected chi connectivity index (χ3v) is 1.78. The van der Waals surface area contributed by atoms with Gasteiger partial charge >= 0.3 is 6.09 Å². The van der Waals surface area contributed by atoms with Crippen LogP contribution in [0.25, 0.3) is 0 Å². The minimum absolute atomic E-state index is 0.239. The van der Waals surface area contributed by atoms with Crippen molar-refractivity contribution in [2.24, 2.45) is 5.73 Å². The van der Waals surface area contributed by atoms with E-state index in [9.17, 15) is 4.79 Å². The maximum absolute atomic E-state index is 10.3. The Morgan fingerprint density at radius 2 is 2.20 bits per heavy atom. The molecule has 0 unspecified atom stereocenters. The van der Waals surface area contributed by atoms with E-state index in [1.54, 1.807) is 0 Å². The van der Waals surface area contributed by atoms with Crippen molar-refractivity contribution in [2.75, 3.05) is 24.2 Å². The first kappa shape index (κ1) is 11.2. The van der Waals surface area contributed by atoms with Crippen LogP contribution in [-0.4, -0.2) is 19.2 Å². The zero-order valence-corrected chi connectivity index (χ0v) is 8.62. The van der Waals surface area contributed by atoms with Crippen molar-refractivity contribution in [3.63, 3.8) is 0 Å². The van der Waals surface area contributed by atoms with E-state index in [1.165, 1.54) is 0 Å². The van der Waals surface area contributed by atoms with Crippen LogP contribution in [0.15, 0.2) is 18.2 Å². The molecule has 5 nitrogen and oxygen atoms in total. The van der Waals surface area contributed by atoms with Gasteiger partial charge in [-0.25, -0.2) is 4.79 Å². The number of benzene rings is 1. The lowest BCUT2D eigenvalue weighted by Gasteiger charge is -2.08. The number of nitrogens with one attached hydrogen (secondary N) is 1. The van der Waals surface area contributed by atoms with Crippen LogP contribution in [0.2, 0.25) is 0 Å². The summed E-state index contributed by atoms with van der Waals surface area (Å²) in [4.78, 5) is 10.3. The Hall–Kier alpha value is -1.91. The zero-order valence-electron chi connectivity index (χ0n) is 8.62. The Morgan fingerprint density at radius 1 is 1.47 bits per heavy atom. The minimum Gasteiger partial charge on any atom is -0.448 e. The summed E-state index contributed by atoms with van der Waals surface area (Å²) in [6, 6.07) is 5.66. The van der Waals surface area contributed by atoms with E-state index in [1.807, 2.05) is 25.1 Å². The van der Waals surface area contributed by atoms with Crippen LogP contribution in [0.4, 0.5) is 16.2 Å². The van der Waals surface area contributed by atoms with Crippen molar-refractivity contribution >= 4 is 17.5 Å². The van der Waals surface area contributed by atoms with E-state index in [0.29, 0.717) is 12.2 Å². The Labute approximate surface area is 88.4 Å². The highest BCUT2D eigenvalue weighted by atomic mass is 16.5. The molecule has 0 atom stereocenters. The highest BCUT2D eigenvalue weighted by molar-refractivity contribution is 5.64. The Morgan fingerprint density at radius 3 is 2.80 bits per heavy atom. The number of ether oxygens (including phenoxy) is 1. The van der Waals surface area contributed by atoms with Gasteiger partial charge in [-0.05, 0) is 30.7 Å². The van der Waals surface area contributed by atoms with Crippen molar-refractivity contribution in [1.29, 1.82) is 0 Å². The lowest BCUT2D eigenvalue weighted by atomic mass is 10.2. The fourth-order valence-corrected chi connectivity index (χ4v) is 1.26. The third-order valence-electron chi connectivity index (χ3n) is 1.78. The molecule has 0 aliphatic heterocycles. The van der Waals surface area contributed by atoms with Gasteiger partial charge in [-0.2, -0.15) is 0 Å². The molecular weight excluding hydrogens is 194 g/mol. The number of hydrogen-bond donors (Lipinski definition) is 3. The average molecular weight is 209 g/mol. The Kier molecular flexibility index (Phi) is 3.79. The summed E-state index contributed by atoms with van der Waals surface area (Å²) in [7, 11) is 0. The highest BCUT2D eigenvalue weighted by Gasteiger charge is 1.96. The van der Waals surface area contributed by atoms with Crippen LogP contribution in [0.1, 0.15) is 5.56 Å². The molecule has 5 N–H and O–H groups in total. The molecule has 15 heavy (non-hydrogen) atoms. The van der Waals surface area contributed by atoms with Gasteiger partial charge in [0.1, 0.15) is 6.61 Å². The molecule has 0 aromatic heterocycles. The van der Waals surface area contributed by atoms with Gasteiger partial charge in [-0.15, -0.1) is 0 Å². The number of nitrogen functional groups attached to an aromatic ring is 1. The number of carbonyl (C=O) groups is 1. The molecule has 1 rings (SSSR count). The molecular formula is C10H15N3O2. The quantitative estimate of drug-likeness (QED) is 0.511. The molecule has 82 valence electrons. The summed E-state index contributed by atoms with van der Waals surface area (Å²) in [5.41, 5.74) is 13.2. The van der Waals surface area contributed by atoms with Gasteiger partial charge in [-0.3, -0.25) is 0 Å². The second-order valence-corrected chi connectivity index (χ2v) is 3.23. The van der Waals surface area contributed by atoms with E-state index >= 15 is 0 Å². The molecule has 0 heterocycles. The van der Waals surface area contributed by atoms with Crippen LogP contribution in [0.3, 0.4) is 0 Å². The second kappa shape index (κ2) is 5.09. The van der Waals surface area contributed by atoms with E-state index in [-0.39, 0.29) is 6.61 Å². The van der Waals surface area contributed by atoms with Crippen LogP contribution in [0.5, 0.6) is 0 Å². The lowest BCUT2D eigenvalue weighted by molar-refractivity contribution is 0.161. The maximum Gasteiger partial charge on any atom is 0.404 e. The molecule has 0 saturated carbocycles. The van der Waals surface area contributed by atoms with Crippen molar-refractivity contribution in [3.05, 3.63) is 23.8 Å². The van der Waals surface area contributed by atoms with E-state index in [0.717, 1.165) is 11.3 Å². The normalized spacial score (nSPS) is 9.67. The minimum atomic E-state index is -0.763. The highest BCUT2D eigenvalue weighted by Crippen LogP contribution is 2.15. The molecule has 0 saturated heterocycles. The summed E-state index contributed by atoms with van der Waals surface area (Å²) in [6.07, 6.45) is -0.763. The van der Waals surface area contributed by atoms with Crippen LogP contribution in [-0.2, 0) is 4.74 Å². The Balaban J connectivity index is 2.40. The lowest BCUT2D eigenvalue weighted by Crippen LogP contribution is -2.18. The van der Waals surface area contributed by atoms with E-state index in [4.69, 9.17) is 11.5 Å². The first-order chi connectivity index (χ1) is 7.08. The summed E-state index contributed by atoms with van der Waals surface area (Å²) < 4.78 is 4.57. The van der Waals surface area contributed by atoms with E-state index in [2.05, 4.69) is 10.1 Å². The van der Waals surface area contributed by atoms with Gasteiger partial charge in [0.2, 0.25) is 0 Å². The van der Waals surface area contributed by atoms with Gasteiger partial charge in [0.25, 0.3) is 0 Å². The molecule has 0 aliphatic rings. The molecule has 1 aromatic rings. The number of aryl methyl sites for hydroxylation is 1. The SMILES string of the molecule is Cc1cc(N)cc(NCCOC(N)=O)c1. The van der Waals surface area contributed by atoms with Crippen molar-refractivity contribution in [3.8, 4) is 0 Å². The fraction of sp³-hybridized carbons (Fsp3) is 0.300. The van der Waals surface area contributed by atoms with Gasteiger partial charge in [0.15, 0.2) is 0 Å². The summed E-state index contributed by atoms with van der Waals surface area (Å²) in [6.45, 7) is 2.70. The van der Waals surface area contributed by atoms with Crippen LogP contribution >= 0.6 is 0 Å². The molecule has 0 fully saturated rings. The summed E-state index contributed by atoms with van der Waals surface area (Å²) in [5, 5.41) is 3.07. The first-order valence-electron chi connectivity index (χ1n) is 4.61. The van der Waals surface area contributed by atoms with E-state index < -0.39 is 6.09 Å². The molecule has 1 amide bonds. The Bertz CT molecular complexity index is 332. The maximum atomic E-state index is 10.3. The zero-order chi connectivity index (χ0) is 11.3. The fourth-order valence-electron chi connectivity index (χ4n) is 1.26. The van der Waals surface area contributed by atoms with Crippen molar-refractivity contribution in [1.82, 2.24) is 0 Å². The predicted molar refractivity (Wildman–Crippen MR) is 59.6 cm³/mol. The molecule has 5 heteroatoms. The third kappa shape index (κ3) is 4.21. The standard InChI is InChI=1S/C10H15N3O2/c1-7-4-8(11)6-9(5-7)13-2-3-15-10(12)14/h4-6,13H,2-3,11H2,1H3,(H2,12,14). The number of anilines is 2.